The second-order valence-corrected chi connectivity index (χ2v) is 7.90. The van der Waals surface area contributed by atoms with E-state index in [-0.39, 0.29) is 11.3 Å². The summed E-state index contributed by atoms with van der Waals surface area (Å²) < 4.78 is 19.0. The van der Waals surface area contributed by atoms with Crippen molar-refractivity contribution in [1.29, 1.82) is 0 Å². The molecular formula is C25H20ClFN2O3. The average molecular weight is 451 g/mol. The third kappa shape index (κ3) is 3.85. The lowest BCUT2D eigenvalue weighted by Crippen LogP contribution is -2.33. The lowest BCUT2D eigenvalue weighted by molar-refractivity contribution is -0.120. The molecule has 1 aliphatic rings. The number of nitrogens with zero attached hydrogens (tertiary/aromatic N) is 1. The first kappa shape index (κ1) is 21.6. The minimum absolute atomic E-state index is 0.0740. The molecule has 4 rings (SSSR count). The molecule has 1 aliphatic heterocycles. The Morgan fingerprint density at radius 3 is 2.34 bits per heavy atom. The number of methoxy groups -OCH3 is 1. The highest BCUT2D eigenvalue weighted by atomic mass is 35.5. The van der Waals surface area contributed by atoms with Crippen molar-refractivity contribution in [3.8, 4) is 5.75 Å². The highest BCUT2D eigenvalue weighted by Crippen LogP contribution is 2.37. The zero-order chi connectivity index (χ0) is 23.0. The summed E-state index contributed by atoms with van der Waals surface area (Å²) in [5.41, 5.74) is 3.21. The Labute approximate surface area is 190 Å². The van der Waals surface area contributed by atoms with E-state index < -0.39 is 17.6 Å². The quantitative estimate of drug-likeness (QED) is 0.521. The third-order valence-electron chi connectivity index (χ3n) is 5.24. The molecule has 0 aliphatic carbocycles. The van der Waals surface area contributed by atoms with Crippen LogP contribution in [-0.2, 0) is 9.59 Å². The topological polar surface area (TPSA) is 58.6 Å². The number of rotatable bonds is 5. The maximum atomic E-state index is 13.5. The molecule has 0 aromatic heterocycles. The van der Waals surface area contributed by atoms with Crippen LogP contribution in [0.15, 0.2) is 66.4 Å². The monoisotopic (exact) mass is 450 g/mol. The number of amides is 2. The molecule has 2 amide bonds. The number of anilines is 2. The van der Waals surface area contributed by atoms with E-state index in [0.29, 0.717) is 33.3 Å². The van der Waals surface area contributed by atoms with E-state index in [2.05, 4.69) is 5.32 Å². The zero-order valence-electron chi connectivity index (χ0n) is 17.7. The number of hydrogen-bond donors (Lipinski definition) is 1. The SMILES string of the molecule is COc1ccc(C)cc1NC1=C(c2ccc(F)cc2)C(=O)N(c2cc(Cl)ccc2C)C1=O. The molecule has 7 heteroatoms. The van der Waals surface area contributed by atoms with Gasteiger partial charge in [0.1, 0.15) is 17.3 Å². The standard InChI is InChI=1S/C25H20ClFN2O3/c1-14-4-11-21(32-3)19(12-14)28-23-22(16-6-9-18(27)10-7-16)24(30)29(25(23)31)20-13-17(26)8-5-15(20)2/h4-13,28H,1-3H3. The number of carbonyl (C=O) groups excluding carboxylic acids is 2. The van der Waals surface area contributed by atoms with E-state index >= 15 is 0 Å². The number of nitrogens with one attached hydrogen (secondary N) is 1. The van der Waals surface area contributed by atoms with E-state index in [9.17, 15) is 14.0 Å². The highest BCUT2D eigenvalue weighted by molar-refractivity contribution is 6.46. The van der Waals surface area contributed by atoms with Crippen molar-refractivity contribution in [2.75, 3.05) is 17.3 Å². The van der Waals surface area contributed by atoms with Gasteiger partial charge in [-0.15, -0.1) is 0 Å². The molecule has 5 nitrogen and oxygen atoms in total. The predicted octanol–water partition coefficient (Wildman–Crippen LogP) is 5.50. The Morgan fingerprint density at radius 1 is 0.938 bits per heavy atom. The van der Waals surface area contributed by atoms with E-state index in [0.717, 1.165) is 10.5 Å². The van der Waals surface area contributed by atoms with Gasteiger partial charge in [0, 0.05) is 5.02 Å². The van der Waals surface area contributed by atoms with E-state index in [1.807, 2.05) is 19.1 Å². The zero-order valence-corrected chi connectivity index (χ0v) is 18.5. The fourth-order valence-corrected chi connectivity index (χ4v) is 3.79. The molecule has 1 heterocycles. The number of aryl methyl sites for hydroxylation is 2. The van der Waals surface area contributed by atoms with Crippen LogP contribution in [-0.4, -0.2) is 18.9 Å². The fraction of sp³-hybridized carbons (Fsp3) is 0.120. The maximum Gasteiger partial charge on any atom is 0.282 e. The van der Waals surface area contributed by atoms with Gasteiger partial charge in [-0.3, -0.25) is 9.59 Å². The first-order chi connectivity index (χ1) is 15.3. The number of hydrogen-bond acceptors (Lipinski definition) is 4. The summed E-state index contributed by atoms with van der Waals surface area (Å²) >= 11 is 6.15. The van der Waals surface area contributed by atoms with Crippen LogP contribution in [0.25, 0.3) is 5.57 Å². The smallest absolute Gasteiger partial charge is 0.282 e. The average Bonchev–Trinajstić information content (AvgIpc) is 3.00. The molecule has 3 aromatic rings. The van der Waals surface area contributed by atoms with Gasteiger partial charge in [-0.2, -0.15) is 0 Å². The number of imide groups is 1. The predicted molar refractivity (Wildman–Crippen MR) is 123 cm³/mol. The van der Waals surface area contributed by atoms with Gasteiger partial charge in [-0.25, -0.2) is 9.29 Å². The second-order valence-electron chi connectivity index (χ2n) is 7.46. The number of halogens is 2. The molecule has 0 radical (unpaired) electrons. The van der Waals surface area contributed by atoms with E-state index in [1.165, 1.54) is 31.4 Å². The van der Waals surface area contributed by atoms with Crippen molar-refractivity contribution in [2.24, 2.45) is 0 Å². The summed E-state index contributed by atoms with van der Waals surface area (Å²) in [7, 11) is 1.52. The lowest BCUT2D eigenvalue weighted by Gasteiger charge is -2.18. The molecule has 0 bridgehead atoms. The van der Waals surface area contributed by atoms with Crippen LogP contribution in [0.2, 0.25) is 5.02 Å². The van der Waals surface area contributed by atoms with Gasteiger partial charge in [0.25, 0.3) is 11.8 Å². The highest BCUT2D eigenvalue weighted by Gasteiger charge is 2.41. The summed E-state index contributed by atoms with van der Waals surface area (Å²) in [4.78, 5) is 28.2. The molecule has 162 valence electrons. The van der Waals surface area contributed by atoms with Crippen molar-refractivity contribution < 1.29 is 18.7 Å². The van der Waals surface area contributed by atoms with Crippen molar-refractivity contribution in [1.82, 2.24) is 0 Å². The summed E-state index contributed by atoms with van der Waals surface area (Å²) in [5.74, 6) is -0.993. The molecule has 0 saturated carbocycles. The van der Waals surface area contributed by atoms with Gasteiger partial charge < -0.3 is 10.1 Å². The van der Waals surface area contributed by atoms with Gasteiger partial charge >= 0.3 is 0 Å². The van der Waals surface area contributed by atoms with Crippen LogP contribution in [0.5, 0.6) is 5.75 Å². The van der Waals surface area contributed by atoms with Crippen LogP contribution in [0.3, 0.4) is 0 Å². The van der Waals surface area contributed by atoms with Gasteiger partial charge in [-0.1, -0.05) is 35.9 Å². The van der Waals surface area contributed by atoms with E-state index in [4.69, 9.17) is 16.3 Å². The van der Waals surface area contributed by atoms with Crippen LogP contribution < -0.4 is 15.0 Å². The lowest BCUT2D eigenvalue weighted by atomic mass is 10.0. The second kappa shape index (κ2) is 8.48. The summed E-state index contributed by atoms with van der Waals surface area (Å²) in [6.07, 6.45) is 0. The number of carbonyl (C=O) groups is 2. The summed E-state index contributed by atoms with van der Waals surface area (Å²) in [5, 5.41) is 3.49. The van der Waals surface area contributed by atoms with Gasteiger partial charge in [0.2, 0.25) is 0 Å². The first-order valence-electron chi connectivity index (χ1n) is 9.87. The molecular weight excluding hydrogens is 431 g/mol. The van der Waals surface area contributed by atoms with Gasteiger partial charge in [0.15, 0.2) is 0 Å². The first-order valence-corrected chi connectivity index (χ1v) is 10.2. The van der Waals surface area contributed by atoms with Crippen LogP contribution in [0.1, 0.15) is 16.7 Å². The van der Waals surface area contributed by atoms with Crippen molar-refractivity contribution >= 4 is 40.4 Å². The van der Waals surface area contributed by atoms with E-state index in [1.54, 1.807) is 31.2 Å². The van der Waals surface area contributed by atoms with Crippen LogP contribution in [0, 0.1) is 19.7 Å². The Hall–Kier alpha value is -3.64. The Kier molecular flexibility index (Phi) is 5.72. The molecule has 0 spiro atoms. The van der Waals surface area contributed by atoms with Crippen molar-refractivity contribution in [3.63, 3.8) is 0 Å². The van der Waals surface area contributed by atoms with Gasteiger partial charge in [0.05, 0.1) is 24.1 Å². The largest absolute Gasteiger partial charge is 0.495 e. The molecule has 32 heavy (non-hydrogen) atoms. The summed E-state index contributed by atoms with van der Waals surface area (Å²) in [6.45, 7) is 3.70. The molecule has 1 N–H and O–H groups in total. The molecule has 0 unspecified atom stereocenters. The van der Waals surface area contributed by atoms with Crippen LogP contribution >= 0.6 is 11.6 Å². The summed E-state index contributed by atoms with van der Waals surface area (Å²) in [6, 6.07) is 15.9. The molecule has 3 aromatic carbocycles. The fourth-order valence-electron chi connectivity index (χ4n) is 3.63. The minimum Gasteiger partial charge on any atom is -0.495 e. The molecule has 0 fully saturated rings. The Morgan fingerprint density at radius 2 is 1.66 bits per heavy atom. The maximum absolute atomic E-state index is 13.5. The third-order valence-corrected chi connectivity index (χ3v) is 5.48. The normalized spacial score (nSPS) is 13.7. The number of benzene rings is 3. The molecule has 0 atom stereocenters. The van der Waals surface area contributed by atoms with Crippen molar-refractivity contribution in [3.05, 3.63) is 93.9 Å². The number of ether oxygens (including phenoxy) is 1. The van der Waals surface area contributed by atoms with Crippen molar-refractivity contribution in [2.45, 2.75) is 13.8 Å². The Balaban J connectivity index is 1.88. The Bertz CT molecular complexity index is 1270. The van der Waals surface area contributed by atoms with Gasteiger partial charge in [-0.05, 0) is 66.9 Å². The minimum atomic E-state index is -0.539. The molecule has 0 saturated heterocycles. The van der Waals surface area contributed by atoms with Crippen LogP contribution in [0.4, 0.5) is 15.8 Å².